The number of carboxylic acid groups (broad SMARTS) is 1. The van der Waals surface area contributed by atoms with Crippen molar-refractivity contribution >= 4 is 21.7 Å². The van der Waals surface area contributed by atoms with E-state index in [2.05, 4.69) is 0 Å². The van der Waals surface area contributed by atoms with Gasteiger partial charge in [0.15, 0.2) is 15.1 Å². The standard InChI is InChI=1S/C10H19NO5S/c1-5-11(4)8(12)6-17(15,16)9(7(2)3)10(13)14/h7,9H,5-6H2,1-4H3,(H,13,14). The molecule has 100 valence electrons. The number of amides is 1. The average Bonchev–Trinajstić information content (AvgIpc) is 2.13. The van der Waals surface area contributed by atoms with Gasteiger partial charge in [-0.2, -0.15) is 0 Å². The van der Waals surface area contributed by atoms with Crippen LogP contribution in [0.3, 0.4) is 0 Å². The lowest BCUT2D eigenvalue weighted by Gasteiger charge is -2.19. The predicted octanol–water partition coefficient (Wildman–Crippen LogP) is -0.0113. The van der Waals surface area contributed by atoms with Gasteiger partial charge in [-0.1, -0.05) is 13.8 Å². The fraction of sp³-hybridized carbons (Fsp3) is 0.800. The van der Waals surface area contributed by atoms with Crippen molar-refractivity contribution in [2.45, 2.75) is 26.0 Å². The van der Waals surface area contributed by atoms with E-state index in [-0.39, 0.29) is 0 Å². The molecule has 0 aromatic heterocycles. The molecule has 7 heteroatoms. The molecule has 0 aliphatic heterocycles. The Morgan fingerprint density at radius 2 is 1.76 bits per heavy atom. The fourth-order valence-electron chi connectivity index (χ4n) is 1.40. The maximum Gasteiger partial charge on any atom is 0.322 e. The van der Waals surface area contributed by atoms with Crippen molar-refractivity contribution in [3.8, 4) is 0 Å². The quantitative estimate of drug-likeness (QED) is 0.729. The van der Waals surface area contributed by atoms with Crippen LogP contribution in [-0.2, 0) is 19.4 Å². The highest BCUT2D eigenvalue weighted by molar-refractivity contribution is 7.93. The zero-order valence-electron chi connectivity index (χ0n) is 10.5. The van der Waals surface area contributed by atoms with E-state index in [0.717, 1.165) is 0 Å². The van der Waals surface area contributed by atoms with Crippen LogP contribution in [0.1, 0.15) is 20.8 Å². The Kier molecular flexibility index (Phi) is 5.60. The lowest BCUT2D eigenvalue weighted by Crippen LogP contribution is -2.41. The maximum atomic E-state index is 11.8. The molecule has 0 fully saturated rings. The number of hydrogen-bond donors (Lipinski definition) is 1. The van der Waals surface area contributed by atoms with Crippen LogP contribution in [0.25, 0.3) is 0 Å². The van der Waals surface area contributed by atoms with Gasteiger partial charge in [0.05, 0.1) is 0 Å². The second-order valence-electron chi connectivity index (χ2n) is 4.22. The van der Waals surface area contributed by atoms with Crippen molar-refractivity contribution in [1.82, 2.24) is 4.90 Å². The van der Waals surface area contributed by atoms with Gasteiger partial charge in [-0.05, 0) is 12.8 Å². The average molecular weight is 265 g/mol. The summed E-state index contributed by atoms with van der Waals surface area (Å²) in [5, 5.41) is 7.35. The monoisotopic (exact) mass is 265 g/mol. The molecule has 1 atom stereocenters. The summed E-state index contributed by atoms with van der Waals surface area (Å²) >= 11 is 0. The predicted molar refractivity (Wildman–Crippen MR) is 63.4 cm³/mol. The van der Waals surface area contributed by atoms with Crippen molar-refractivity contribution in [2.24, 2.45) is 5.92 Å². The van der Waals surface area contributed by atoms with E-state index >= 15 is 0 Å². The van der Waals surface area contributed by atoms with Crippen molar-refractivity contribution in [3.05, 3.63) is 0 Å². The van der Waals surface area contributed by atoms with E-state index < -0.39 is 38.6 Å². The fourth-order valence-corrected chi connectivity index (χ4v) is 3.28. The lowest BCUT2D eigenvalue weighted by molar-refractivity contribution is -0.137. The van der Waals surface area contributed by atoms with E-state index in [1.807, 2.05) is 0 Å². The number of carbonyl (C=O) groups is 2. The Morgan fingerprint density at radius 3 is 2.06 bits per heavy atom. The van der Waals surface area contributed by atoms with Crippen molar-refractivity contribution in [1.29, 1.82) is 0 Å². The second-order valence-corrected chi connectivity index (χ2v) is 6.34. The Hall–Kier alpha value is -1.11. The largest absolute Gasteiger partial charge is 0.480 e. The van der Waals surface area contributed by atoms with E-state index in [0.29, 0.717) is 6.54 Å². The number of nitrogens with zero attached hydrogens (tertiary/aromatic N) is 1. The van der Waals surface area contributed by atoms with Gasteiger partial charge in [0.2, 0.25) is 5.91 Å². The van der Waals surface area contributed by atoms with Crippen molar-refractivity contribution in [2.75, 3.05) is 19.3 Å². The molecule has 0 rings (SSSR count). The van der Waals surface area contributed by atoms with Crippen LogP contribution in [0.15, 0.2) is 0 Å². The first kappa shape index (κ1) is 15.9. The first-order chi connectivity index (χ1) is 7.63. The van der Waals surface area contributed by atoms with Gasteiger partial charge >= 0.3 is 5.97 Å². The topological polar surface area (TPSA) is 91.8 Å². The van der Waals surface area contributed by atoms with Gasteiger partial charge in [0.1, 0.15) is 5.75 Å². The third-order valence-corrected chi connectivity index (χ3v) is 4.63. The van der Waals surface area contributed by atoms with Gasteiger partial charge in [-0.25, -0.2) is 8.42 Å². The molecule has 0 bridgehead atoms. The molecule has 1 N–H and O–H groups in total. The Balaban J connectivity index is 5.01. The summed E-state index contributed by atoms with van der Waals surface area (Å²) in [6.45, 7) is 5.10. The maximum absolute atomic E-state index is 11.8. The molecule has 0 radical (unpaired) electrons. The smallest absolute Gasteiger partial charge is 0.322 e. The van der Waals surface area contributed by atoms with E-state index in [1.54, 1.807) is 6.92 Å². The molecular weight excluding hydrogens is 246 g/mol. The molecule has 1 amide bonds. The summed E-state index contributed by atoms with van der Waals surface area (Å²) in [5.74, 6) is -3.32. The minimum atomic E-state index is -3.97. The molecule has 0 aromatic rings. The van der Waals surface area contributed by atoms with E-state index in [4.69, 9.17) is 5.11 Å². The first-order valence-electron chi connectivity index (χ1n) is 5.31. The lowest BCUT2D eigenvalue weighted by atomic mass is 10.1. The van der Waals surface area contributed by atoms with Crippen LogP contribution in [0.5, 0.6) is 0 Å². The zero-order valence-corrected chi connectivity index (χ0v) is 11.3. The summed E-state index contributed by atoms with van der Waals surface area (Å²) in [5.41, 5.74) is 0. The Bertz CT molecular complexity index is 388. The number of carbonyl (C=O) groups excluding carboxylic acids is 1. The molecule has 0 saturated heterocycles. The molecule has 17 heavy (non-hydrogen) atoms. The van der Waals surface area contributed by atoms with Crippen LogP contribution in [0, 0.1) is 5.92 Å². The number of hydrogen-bond acceptors (Lipinski definition) is 4. The number of aliphatic carboxylic acids is 1. The summed E-state index contributed by atoms with van der Waals surface area (Å²) in [7, 11) is -2.49. The molecule has 0 aliphatic rings. The molecule has 1 unspecified atom stereocenters. The Labute approximate surface area is 102 Å². The molecular formula is C10H19NO5S. The second kappa shape index (κ2) is 6.00. The van der Waals surface area contributed by atoms with Gasteiger partial charge in [0, 0.05) is 13.6 Å². The van der Waals surface area contributed by atoms with Gasteiger partial charge in [-0.3, -0.25) is 9.59 Å². The highest BCUT2D eigenvalue weighted by Crippen LogP contribution is 2.14. The third-order valence-electron chi connectivity index (χ3n) is 2.46. The van der Waals surface area contributed by atoms with Crippen LogP contribution >= 0.6 is 0 Å². The SMILES string of the molecule is CCN(C)C(=O)CS(=O)(=O)C(C(=O)O)C(C)C. The summed E-state index contributed by atoms with van der Waals surface area (Å²) in [4.78, 5) is 23.6. The highest BCUT2D eigenvalue weighted by Gasteiger charge is 2.37. The van der Waals surface area contributed by atoms with Gasteiger partial charge < -0.3 is 10.0 Å². The summed E-state index contributed by atoms with van der Waals surface area (Å²) < 4.78 is 23.6. The van der Waals surface area contributed by atoms with Crippen molar-refractivity contribution in [3.63, 3.8) is 0 Å². The van der Waals surface area contributed by atoms with Crippen LogP contribution < -0.4 is 0 Å². The molecule has 6 nitrogen and oxygen atoms in total. The number of rotatable bonds is 6. The number of carboxylic acids is 1. The first-order valence-corrected chi connectivity index (χ1v) is 7.03. The van der Waals surface area contributed by atoms with Gasteiger partial charge in [-0.15, -0.1) is 0 Å². The zero-order chi connectivity index (χ0) is 13.8. The normalized spacial score (nSPS) is 13.5. The van der Waals surface area contributed by atoms with Crippen LogP contribution in [0.4, 0.5) is 0 Å². The minimum Gasteiger partial charge on any atom is -0.480 e. The molecule has 0 heterocycles. The third kappa shape index (κ3) is 4.33. The Morgan fingerprint density at radius 1 is 1.29 bits per heavy atom. The molecule has 0 aliphatic carbocycles. The van der Waals surface area contributed by atoms with Crippen LogP contribution in [0.2, 0.25) is 0 Å². The minimum absolute atomic E-state index is 0.383. The highest BCUT2D eigenvalue weighted by atomic mass is 32.2. The molecule has 0 spiro atoms. The van der Waals surface area contributed by atoms with E-state index in [9.17, 15) is 18.0 Å². The van der Waals surface area contributed by atoms with E-state index in [1.165, 1.54) is 25.8 Å². The molecule has 0 saturated carbocycles. The molecule has 0 aromatic carbocycles. The van der Waals surface area contributed by atoms with Gasteiger partial charge in [0.25, 0.3) is 0 Å². The number of sulfone groups is 1. The summed E-state index contributed by atoms with van der Waals surface area (Å²) in [6, 6.07) is 0. The van der Waals surface area contributed by atoms with Crippen molar-refractivity contribution < 1.29 is 23.1 Å². The van der Waals surface area contributed by atoms with Crippen LogP contribution in [-0.4, -0.2) is 54.9 Å². The summed E-state index contributed by atoms with van der Waals surface area (Å²) in [6.07, 6.45) is 0.